The Morgan fingerprint density at radius 3 is 2.14 bits per heavy atom. The van der Waals surface area contributed by atoms with Crippen molar-refractivity contribution in [2.45, 2.75) is 69.0 Å². The number of rotatable bonds is 11. The Balaban J connectivity index is 1.73. The third-order valence-corrected chi connectivity index (χ3v) is 8.53. The van der Waals surface area contributed by atoms with Gasteiger partial charge in [0.25, 0.3) is 5.56 Å². The van der Waals surface area contributed by atoms with E-state index in [1.54, 1.807) is 0 Å². The Morgan fingerprint density at radius 1 is 0.977 bits per heavy atom. The van der Waals surface area contributed by atoms with Gasteiger partial charge < -0.3 is 50.3 Å². The highest BCUT2D eigenvalue weighted by molar-refractivity contribution is 7.61. The van der Waals surface area contributed by atoms with Gasteiger partial charge >= 0.3 is 27.3 Å². The lowest BCUT2D eigenvalue weighted by Gasteiger charge is -2.43. The first-order chi connectivity index (χ1) is 19.8. The van der Waals surface area contributed by atoms with Crippen LogP contribution in [0.3, 0.4) is 0 Å². The number of nitrogens with zero attached hydrogens (tertiary/aromatic N) is 1. The number of hydrogen-bond donors (Lipinski definition) is 9. The molecular weight excluding hydrogens is 634 g/mol. The number of carbonyl (C=O) groups is 3. The molecule has 1 aromatic heterocycles. The maximum Gasteiger partial charge on any atom is 0.483 e. The number of phosphoric acid groups is 2. The Hall–Kier alpha value is -2.85. The summed E-state index contributed by atoms with van der Waals surface area (Å²) in [5, 5.41) is 44.5. The highest BCUT2D eigenvalue weighted by atomic mass is 31.3. The van der Waals surface area contributed by atoms with Gasteiger partial charge in [0.05, 0.1) is 12.6 Å². The summed E-state index contributed by atoms with van der Waals surface area (Å²) < 4.78 is 49.5. The Bertz CT molecular complexity index is 1430. The minimum atomic E-state index is -5.79. The summed E-state index contributed by atoms with van der Waals surface area (Å²) in [6.45, 7) is 0.840. The van der Waals surface area contributed by atoms with Crippen molar-refractivity contribution in [1.29, 1.82) is 0 Å². The molecule has 0 aliphatic carbocycles. The number of aromatic nitrogens is 2. The van der Waals surface area contributed by atoms with E-state index in [-0.39, 0.29) is 0 Å². The van der Waals surface area contributed by atoms with E-state index >= 15 is 0 Å². The van der Waals surface area contributed by atoms with Crippen LogP contribution in [-0.2, 0) is 46.3 Å². The lowest BCUT2D eigenvalue weighted by Crippen LogP contribution is -2.69. The minimum Gasteiger partial charge on any atom is -0.479 e. The predicted molar refractivity (Wildman–Crippen MR) is 133 cm³/mol. The first-order valence-corrected chi connectivity index (χ1v) is 14.9. The molecule has 43 heavy (non-hydrogen) atoms. The van der Waals surface area contributed by atoms with Crippen molar-refractivity contribution in [1.82, 2.24) is 20.2 Å². The number of carboxylic acids is 1. The molecule has 24 heteroatoms. The molecule has 11 atom stereocenters. The third-order valence-electron chi connectivity index (χ3n) is 5.93. The second-order valence-electron chi connectivity index (χ2n) is 9.19. The molecule has 22 nitrogen and oxygen atoms in total. The second kappa shape index (κ2) is 13.4. The van der Waals surface area contributed by atoms with E-state index in [0.29, 0.717) is 4.57 Å². The van der Waals surface area contributed by atoms with Crippen LogP contribution in [0.4, 0.5) is 0 Å². The molecule has 2 amide bonds. The van der Waals surface area contributed by atoms with Gasteiger partial charge in [-0.25, -0.2) is 18.7 Å². The van der Waals surface area contributed by atoms with Crippen LogP contribution in [0.1, 0.15) is 20.1 Å². The number of nitrogens with one attached hydrogen (secondary N) is 3. The molecule has 0 spiro atoms. The highest BCUT2D eigenvalue weighted by Crippen LogP contribution is 2.61. The van der Waals surface area contributed by atoms with Crippen LogP contribution in [0.2, 0.25) is 0 Å². The summed E-state index contributed by atoms with van der Waals surface area (Å²) in [6, 6.07) is -2.51. The fraction of sp³-hybridized carbons (Fsp3) is 0.632. The van der Waals surface area contributed by atoms with E-state index < -0.39 is 106 Å². The summed E-state index contributed by atoms with van der Waals surface area (Å²) in [6.07, 6.45) is -12.4. The van der Waals surface area contributed by atoms with Crippen molar-refractivity contribution < 1.29 is 76.6 Å². The first kappa shape index (κ1) is 34.6. The quantitative estimate of drug-likeness (QED) is 0.101. The number of aliphatic carboxylic acids is 1. The van der Waals surface area contributed by atoms with Crippen molar-refractivity contribution in [3.63, 3.8) is 0 Å². The van der Waals surface area contributed by atoms with Gasteiger partial charge in [-0.1, -0.05) is 0 Å². The van der Waals surface area contributed by atoms with Gasteiger partial charge in [-0.05, 0) is 0 Å². The van der Waals surface area contributed by atoms with Gasteiger partial charge in [-0.3, -0.25) is 33.0 Å². The van der Waals surface area contributed by atoms with E-state index in [4.69, 9.17) is 14.0 Å². The van der Waals surface area contributed by atoms with Gasteiger partial charge in [0.1, 0.15) is 30.5 Å². The van der Waals surface area contributed by atoms with E-state index in [9.17, 15) is 63.3 Å². The molecule has 9 N–H and O–H groups in total. The topological polar surface area (TPSA) is 332 Å². The number of amides is 2. The summed E-state index contributed by atoms with van der Waals surface area (Å²) >= 11 is 0. The molecular formula is C19H28N4O18P2. The molecule has 0 bridgehead atoms. The molecule has 0 saturated carbocycles. The molecule has 3 heterocycles. The molecule has 0 radical (unpaired) electrons. The normalized spacial score (nSPS) is 33.6. The molecule has 2 saturated heterocycles. The fourth-order valence-corrected chi connectivity index (χ4v) is 6.34. The number of aliphatic hydroxyl groups excluding tert-OH is 3. The SMILES string of the molecule is CC(=O)N[C@@H]1[C@@H](OP(=O)(O)OP(=O)(O)OC[C@H]2O[C@@H](n3ccc(=O)[nH]c3=O)[C@H](O)[C@@H]2O)O[C@H](C(=O)O)[C@@H](O)[C@@H]1NC(C)=O. The van der Waals surface area contributed by atoms with E-state index in [2.05, 4.69) is 19.5 Å². The van der Waals surface area contributed by atoms with E-state index in [1.807, 2.05) is 4.98 Å². The van der Waals surface area contributed by atoms with Crippen LogP contribution in [0.25, 0.3) is 0 Å². The standard InChI is InChI=1S/C19H28N4O18P2/c1-6(24)20-10-11(21-7(2)25)18(39-15(13(10)28)17(30)31)40-43(35,36)41-42(33,34)37-5-8-12(27)14(29)16(38-8)23-4-3-9(26)22-19(23)32/h3-4,8,10-16,18,27-29H,5H2,1-2H3,(H,20,24)(H,21,25)(H,30,31)(H,33,34)(H,35,36)(H,22,26,32)/t8-,10-,11+,12-,13+,14-,15+,16-,18-/m1/s1. The third kappa shape index (κ3) is 8.62. The van der Waals surface area contributed by atoms with Gasteiger partial charge in [0.2, 0.25) is 11.8 Å². The lowest BCUT2D eigenvalue weighted by atomic mass is 9.93. The minimum absolute atomic E-state index is 0.700. The van der Waals surface area contributed by atoms with E-state index in [0.717, 1.165) is 26.1 Å². The Morgan fingerprint density at radius 2 is 1.58 bits per heavy atom. The molecule has 1 aromatic rings. The molecule has 242 valence electrons. The van der Waals surface area contributed by atoms with Gasteiger partial charge in [0, 0.05) is 26.1 Å². The Labute approximate surface area is 239 Å². The fourth-order valence-electron chi connectivity index (χ4n) is 4.17. The lowest BCUT2D eigenvalue weighted by molar-refractivity contribution is -0.224. The highest BCUT2D eigenvalue weighted by Gasteiger charge is 2.53. The zero-order valence-corrected chi connectivity index (χ0v) is 23.8. The smallest absolute Gasteiger partial charge is 0.479 e. The average molecular weight is 662 g/mol. The first-order valence-electron chi connectivity index (χ1n) is 12.0. The van der Waals surface area contributed by atoms with Crippen molar-refractivity contribution in [3.8, 4) is 0 Å². The van der Waals surface area contributed by atoms with Crippen LogP contribution in [0.15, 0.2) is 21.9 Å². The second-order valence-corrected chi connectivity index (χ2v) is 12.2. The Kier molecular flexibility index (Phi) is 10.8. The summed E-state index contributed by atoms with van der Waals surface area (Å²) in [4.78, 5) is 80.3. The molecule has 2 aliphatic heterocycles. The van der Waals surface area contributed by atoms with Crippen molar-refractivity contribution in [3.05, 3.63) is 33.1 Å². The maximum atomic E-state index is 12.7. The van der Waals surface area contributed by atoms with Crippen LogP contribution >= 0.6 is 15.6 Å². The number of H-pyrrole nitrogens is 1. The molecule has 3 rings (SSSR count). The van der Waals surface area contributed by atoms with Crippen molar-refractivity contribution in [2.24, 2.45) is 0 Å². The number of carbonyl (C=O) groups excluding carboxylic acids is 2. The van der Waals surface area contributed by atoms with Crippen LogP contribution < -0.4 is 21.9 Å². The zero-order chi connectivity index (χ0) is 32.4. The zero-order valence-electron chi connectivity index (χ0n) is 22.0. The molecule has 0 aromatic carbocycles. The van der Waals surface area contributed by atoms with E-state index in [1.165, 1.54) is 0 Å². The van der Waals surface area contributed by atoms with Crippen molar-refractivity contribution >= 4 is 33.4 Å². The average Bonchev–Trinajstić information content (AvgIpc) is 3.13. The number of phosphoric ester groups is 2. The monoisotopic (exact) mass is 662 g/mol. The number of aliphatic hydroxyl groups is 3. The van der Waals surface area contributed by atoms with Crippen molar-refractivity contribution in [2.75, 3.05) is 6.61 Å². The summed E-state index contributed by atoms with van der Waals surface area (Å²) in [7, 11) is -11.4. The van der Waals surface area contributed by atoms with Crippen LogP contribution in [0.5, 0.6) is 0 Å². The largest absolute Gasteiger partial charge is 0.483 e. The molecule has 2 aliphatic rings. The van der Waals surface area contributed by atoms with Gasteiger partial charge in [-0.15, -0.1) is 0 Å². The number of hydrogen-bond acceptors (Lipinski definition) is 15. The maximum absolute atomic E-state index is 12.7. The van der Waals surface area contributed by atoms with Crippen LogP contribution in [0, 0.1) is 0 Å². The number of aromatic amines is 1. The number of carboxylic acid groups (broad SMARTS) is 1. The number of ether oxygens (including phenoxy) is 2. The summed E-state index contributed by atoms with van der Waals surface area (Å²) in [5.41, 5.74) is -1.80. The van der Waals surface area contributed by atoms with Crippen LogP contribution in [-0.4, -0.2) is 113 Å². The predicted octanol–water partition coefficient (Wildman–Crippen LogP) is -4.41. The van der Waals surface area contributed by atoms with Gasteiger partial charge in [0.15, 0.2) is 18.6 Å². The van der Waals surface area contributed by atoms with Gasteiger partial charge in [-0.2, -0.15) is 4.31 Å². The molecule has 2 unspecified atom stereocenters. The summed E-state index contributed by atoms with van der Waals surface area (Å²) in [5.74, 6) is -3.50. The molecule has 2 fully saturated rings.